The second kappa shape index (κ2) is 7.54. The molecule has 0 radical (unpaired) electrons. The van der Waals surface area contributed by atoms with E-state index < -0.39 is 11.4 Å². The minimum absolute atomic E-state index is 0.0102. The summed E-state index contributed by atoms with van der Waals surface area (Å²) in [5.41, 5.74) is 1.51. The molecular weight excluding hydrogens is 354 g/mol. The van der Waals surface area contributed by atoms with Crippen LogP contribution in [0.25, 0.3) is 11.2 Å². The Balaban J connectivity index is 1.87. The molecule has 1 saturated carbocycles. The number of nitrogens with zero attached hydrogens (tertiary/aromatic N) is 3. The van der Waals surface area contributed by atoms with Crippen LogP contribution in [0.1, 0.15) is 48.5 Å². The summed E-state index contributed by atoms with van der Waals surface area (Å²) in [6.45, 7) is 2.57. The van der Waals surface area contributed by atoms with Crippen LogP contribution < -0.4 is 5.43 Å². The predicted molar refractivity (Wildman–Crippen MR) is 106 cm³/mol. The first-order chi connectivity index (χ1) is 13.6. The minimum atomic E-state index is -0.617. The fourth-order valence-electron chi connectivity index (χ4n) is 4.29. The molecule has 2 heterocycles. The van der Waals surface area contributed by atoms with Crippen molar-refractivity contribution >= 4 is 17.1 Å². The normalized spacial score (nSPS) is 15.6. The van der Waals surface area contributed by atoms with Gasteiger partial charge in [-0.3, -0.25) is 4.79 Å². The fraction of sp³-hybridized carbons (Fsp3) is 0.364. The van der Waals surface area contributed by atoms with Gasteiger partial charge >= 0.3 is 5.97 Å². The molecule has 144 valence electrons. The van der Waals surface area contributed by atoms with Gasteiger partial charge in [0.15, 0.2) is 11.2 Å². The highest BCUT2D eigenvalue weighted by Gasteiger charge is 2.36. The van der Waals surface area contributed by atoms with Crippen molar-refractivity contribution in [1.82, 2.24) is 14.5 Å². The molecule has 28 heavy (non-hydrogen) atoms. The van der Waals surface area contributed by atoms with Gasteiger partial charge in [-0.2, -0.15) is 0 Å². The Bertz CT molecular complexity index is 1050. The summed E-state index contributed by atoms with van der Waals surface area (Å²) in [5, 5.41) is 0. The van der Waals surface area contributed by atoms with Gasteiger partial charge < -0.3 is 9.30 Å². The molecule has 0 aliphatic heterocycles. The lowest BCUT2D eigenvalue weighted by molar-refractivity contribution is 0.0524. The molecule has 2 aromatic heterocycles. The Kier molecular flexibility index (Phi) is 4.94. The average Bonchev–Trinajstić information content (AvgIpc) is 3.21. The zero-order valence-electron chi connectivity index (χ0n) is 15.9. The smallest absolute Gasteiger partial charge is 0.343 e. The molecule has 3 aromatic rings. The zero-order chi connectivity index (χ0) is 19.6. The Morgan fingerprint density at radius 2 is 1.86 bits per heavy atom. The van der Waals surface area contributed by atoms with E-state index in [1.165, 1.54) is 11.8 Å². The number of carbonyl (C=O) groups is 1. The molecule has 0 spiro atoms. The molecule has 0 unspecified atom stereocenters. The van der Waals surface area contributed by atoms with Crippen molar-refractivity contribution in [2.75, 3.05) is 6.61 Å². The van der Waals surface area contributed by atoms with Crippen LogP contribution in [-0.4, -0.2) is 27.1 Å². The van der Waals surface area contributed by atoms with E-state index in [-0.39, 0.29) is 23.1 Å². The van der Waals surface area contributed by atoms with Gasteiger partial charge in [-0.1, -0.05) is 43.2 Å². The number of aromatic nitrogens is 3. The van der Waals surface area contributed by atoms with E-state index in [9.17, 15) is 9.59 Å². The Morgan fingerprint density at radius 3 is 2.57 bits per heavy atom. The van der Waals surface area contributed by atoms with Crippen molar-refractivity contribution in [3.63, 3.8) is 0 Å². The summed E-state index contributed by atoms with van der Waals surface area (Å²) in [6, 6.07) is 10.5. The maximum absolute atomic E-state index is 12.8. The van der Waals surface area contributed by atoms with E-state index in [4.69, 9.17) is 4.74 Å². The first kappa shape index (κ1) is 18.3. The highest BCUT2D eigenvalue weighted by atomic mass is 16.5. The van der Waals surface area contributed by atoms with Crippen LogP contribution in [0.4, 0.5) is 0 Å². The number of pyridine rings is 1. The lowest BCUT2D eigenvalue weighted by Gasteiger charge is -2.31. The first-order valence-corrected chi connectivity index (χ1v) is 9.71. The van der Waals surface area contributed by atoms with Gasteiger partial charge in [0.1, 0.15) is 5.56 Å². The zero-order valence-corrected chi connectivity index (χ0v) is 15.9. The summed E-state index contributed by atoms with van der Waals surface area (Å²) in [4.78, 5) is 33.7. The molecule has 1 aliphatic rings. The standard InChI is InChI=1S/C22H23N3O3/c1-2-28-21(27)17-14-25(20-18(19(17)26)23-12-13-24-20)15-22(10-6-7-11-22)16-8-4-3-5-9-16/h3-5,8-9,12-14H,2,6-7,10-11,15H2,1H3. The van der Waals surface area contributed by atoms with Gasteiger partial charge in [-0.15, -0.1) is 0 Å². The van der Waals surface area contributed by atoms with Gasteiger partial charge in [0.25, 0.3) is 0 Å². The molecule has 0 amide bonds. The van der Waals surface area contributed by atoms with Crippen LogP contribution >= 0.6 is 0 Å². The number of esters is 1. The number of ether oxygens (including phenoxy) is 1. The lowest BCUT2D eigenvalue weighted by Crippen LogP contribution is -2.31. The minimum Gasteiger partial charge on any atom is -0.462 e. The van der Waals surface area contributed by atoms with E-state index in [0.717, 1.165) is 25.7 Å². The van der Waals surface area contributed by atoms with Crippen molar-refractivity contribution in [3.8, 4) is 0 Å². The maximum Gasteiger partial charge on any atom is 0.343 e. The monoisotopic (exact) mass is 377 g/mol. The summed E-state index contributed by atoms with van der Waals surface area (Å²) < 4.78 is 7.00. The van der Waals surface area contributed by atoms with Gasteiger partial charge in [-0.25, -0.2) is 14.8 Å². The number of rotatable bonds is 5. The van der Waals surface area contributed by atoms with Crippen LogP contribution in [0.2, 0.25) is 0 Å². The highest BCUT2D eigenvalue weighted by molar-refractivity contribution is 5.92. The Hall–Kier alpha value is -3.02. The molecule has 4 rings (SSSR count). The van der Waals surface area contributed by atoms with Crippen molar-refractivity contribution in [3.05, 3.63) is 70.3 Å². The second-order valence-electron chi connectivity index (χ2n) is 7.30. The van der Waals surface area contributed by atoms with Gasteiger partial charge in [0.05, 0.1) is 6.61 Å². The van der Waals surface area contributed by atoms with E-state index in [1.54, 1.807) is 19.3 Å². The van der Waals surface area contributed by atoms with Crippen LogP contribution in [0.3, 0.4) is 0 Å². The van der Waals surface area contributed by atoms with Crippen molar-refractivity contribution < 1.29 is 9.53 Å². The third kappa shape index (κ3) is 3.19. The van der Waals surface area contributed by atoms with E-state index in [2.05, 4.69) is 34.2 Å². The average molecular weight is 377 g/mol. The number of hydrogen-bond donors (Lipinski definition) is 0. The van der Waals surface area contributed by atoms with Gasteiger partial charge in [0, 0.05) is 30.6 Å². The van der Waals surface area contributed by atoms with E-state index >= 15 is 0 Å². The number of carbonyl (C=O) groups excluding carboxylic acids is 1. The van der Waals surface area contributed by atoms with Gasteiger partial charge in [0.2, 0.25) is 5.43 Å². The number of fused-ring (bicyclic) bond motifs is 1. The molecule has 0 N–H and O–H groups in total. The summed E-state index contributed by atoms with van der Waals surface area (Å²) in [7, 11) is 0. The summed E-state index contributed by atoms with van der Waals surface area (Å²) in [5.74, 6) is -0.617. The second-order valence-corrected chi connectivity index (χ2v) is 7.30. The SMILES string of the molecule is CCOC(=O)c1cn(CC2(c3ccccc3)CCCC2)c2nccnc2c1=O. The predicted octanol–water partition coefficient (Wildman–Crippen LogP) is 3.48. The highest BCUT2D eigenvalue weighted by Crippen LogP contribution is 2.42. The molecule has 0 saturated heterocycles. The van der Waals surface area contributed by atoms with E-state index in [0.29, 0.717) is 12.2 Å². The quantitative estimate of drug-likeness (QED) is 0.637. The van der Waals surface area contributed by atoms with Crippen LogP contribution in [0, 0.1) is 0 Å². The van der Waals surface area contributed by atoms with Crippen molar-refractivity contribution in [2.45, 2.75) is 44.6 Å². The van der Waals surface area contributed by atoms with Crippen LogP contribution in [0.15, 0.2) is 53.7 Å². The molecule has 6 heteroatoms. The Labute approximate surface area is 163 Å². The molecule has 6 nitrogen and oxygen atoms in total. The van der Waals surface area contributed by atoms with Crippen LogP contribution in [-0.2, 0) is 16.7 Å². The molecule has 1 aliphatic carbocycles. The molecule has 1 aromatic carbocycles. The number of benzene rings is 1. The summed E-state index contributed by atoms with van der Waals surface area (Å²) >= 11 is 0. The molecular formula is C22H23N3O3. The van der Waals surface area contributed by atoms with Gasteiger partial charge in [-0.05, 0) is 25.3 Å². The maximum atomic E-state index is 12.8. The first-order valence-electron chi connectivity index (χ1n) is 9.71. The van der Waals surface area contributed by atoms with Crippen molar-refractivity contribution in [1.29, 1.82) is 0 Å². The number of hydrogen-bond acceptors (Lipinski definition) is 5. The molecule has 0 bridgehead atoms. The third-order valence-corrected chi connectivity index (χ3v) is 5.61. The topological polar surface area (TPSA) is 74.1 Å². The van der Waals surface area contributed by atoms with Crippen molar-refractivity contribution in [2.24, 2.45) is 0 Å². The fourth-order valence-corrected chi connectivity index (χ4v) is 4.29. The lowest BCUT2D eigenvalue weighted by atomic mass is 9.78. The van der Waals surface area contributed by atoms with E-state index in [1.807, 2.05) is 10.6 Å². The molecule has 1 fully saturated rings. The van der Waals surface area contributed by atoms with Crippen LogP contribution in [0.5, 0.6) is 0 Å². The third-order valence-electron chi connectivity index (χ3n) is 5.61. The Morgan fingerprint density at radius 1 is 1.14 bits per heavy atom. The molecule has 0 atom stereocenters. The largest absolute Gasteiger partial charge is 0.462 e. The summed E-state index contributed by atoms with van der Waals surface area (Å²) in [6.07, 6.45) is 9.07.